The van der Waals surface area contributed by atoms with Crippen molar-refractivity contribution in [2.75, 3.05) is 45.7 Å². The minimum absolute atomic E-state index is 0.0333. The first-order chi connectivity index (χ1) is 19.8. The molecule has 14 heteroatoms. The molecule has 2 aliphatic heterocycles. The summed E-state index contributed by atoms with van der Waals surface area (Å²) in [5.74, 6) is -2.13. The van der Waals surface area contributed by atoms with Crippen molar-refractivity contribution in [3.63, 3.8) is 0 Å². The van der Waals surface area contributed by atoms with E-state index >= 15 is 0 Å². The summed E-state index contributed by atoms with van der Waals surface area (Å²) >= 11 is 7.50. The molecule has 2 aromatic carbocycles. The van der Waals surface area contributed by atoms with Gasteiger partial charge < -0.3 is 30.2 Å². The van der Waals surface area contributed by atoms with Crippen LogP contribution in [0.25, 0.3) is 10.1 Å². The van der Waals surface area contributed by atoms with Gasteiger partial charge in [-0.05, 0) is 42.8 Å². The third kappa shape index (κ3) is 6.07. The number of carbonyl (C=O) groups is 3. The average Bonchev–Trinajstić information content (AvgIpc) is 3.56. The number of nitrogens with one attached hydrogen (secondary N) is 3. The summed E-state index contributed by atoms with van der Waals surface area (Å²) in [4.78, 5) is 44.8. The molecule has 4 aromatic rings. The number of aromatic nitrogens is 3. The first-order valence-electron chi connectivity index (χ1n) is 12.8. The Hall–Kier alpha value is -3.91. The smallest absolute Gasteiger partial charge is 0.287 e. The highest BCUT2D eigenvalue weighted by atomic mass is 35.5. The zero-order valence-electron chi connectivity index (χ0n) is 22.2. The Bertz CT molecular complexity index is 1620. The molecule has 0 aliphatic carbocycles. The predicted octanol–water partition coefficient (Wildman–Crippen LogP) is 3.06. The molecule has 0 radical (unpaired) electrons. The van der Waals surface area contributed by atoms with Crippen LogP contribution in [0.5, 0.6) is 0 Å². The number of likely N-dealkylation sites (N-methyl/N-ethyl adjacent to an activating group) is 1. The van der Waals surface area contributed by atoms with Crippen LogP contribution in [0, 0.1) is 5.82 Å². The lowest BCUT2D eigenvalue weighted by atomic mass is 10.0. The Morgan fingerprint density at radius 2 is 1.93 bits per heavy atom. The molecule has 3 amide bonds. The zero-order valence-corrected chi connectivity index (χ0v) is 23.8. The van der Waals surface area contributed by atoms with Crippen LogP contribution in [0.2, 0.25) is 5.02 Å². The molecule has 11 nitrogen and oxygen atoms in total. The van der Waals surface area contributed by atoms with Gasteiger partial charge in [-0.15, -0.1) is 0 Å². The molecular formula is C27H27ClFN7O4S. The van der Waals surface area contributed by atoms with Crippen LogP contribution in [0.4, 0.5) is 10.2 Å². The number of amides is 3. The molecule has 41 heavy (non-hydrogen) atoms. The molecule has 2 aliphatic rings. The minimum atomic E-state index is -0.960. The Kier molecular flexibility index (Phi) is 8.59. The average molecular weight is 600 g/mol. The summed E-state index contributed by atoms with van der Waals surface area (Å²) in [5, 5.41) is 8.82. The van der Waals surface area contributed by atoms with Gasteiger partial charge in [0.05, 0.1) is 29.6 Å². The molecule has 2 aromatic heterocycles. The number of anilines is 1. The highest BCUT2D eigenvalue weighted by Gasteiger charge is 2.36. The molecule has 4 heterocycles. The number of fused-ring (bicyclic) bond motifs is 2. The van der Waals surface area contributed by atoms with Crippen molar-refractivity contribution in [2.45, 2.75) is 12.6 Å². The van der Waals surface area contributed by atoms with Crippen LogP contribution in [0.15, 0.2) is 42.5 Å². The first kappa shape index (κ1) is 28.6. The first-order valence-corrected chi connectivity index (χ1v) is 13.9. The molecule has 214 valence electrons. The van der Waals surface area contributed by atoms with Crippen LogP contribution >= 0.6 is 23.1 Å². The second kappa shape index (κ2) is 12.3. The van der Waals surface area contributed by atoms with Crippen molar-refractivity contribution in [2.24, 2.45) is 0 Å². The normalized spacial score (nSPS) is 16.8. The Morgan fingerprint density at radius 3 is 2.63 bits per heavy atom. The van der Waals surface area contributed by atoms with Crippen molar-refractivity contribution in [1.82, 2.24) is 29.5 Å². The number of hydrogen-bond donors (Lipinski definition) is 3. The SMILES string of the molecule is CN1CCOCC1.CNC(=O)c1nc(NC(=O)c2nsc3ccccc23)c2n1CC(=O)NC2c1cc(F)ccc1Cl. The minimum Gasteiger partial charge on any atom is -0.379 e. The molecular weight excluding hydrogens is 573 g/mol. The topological polar surface area (TPSA) is 130 Å². The maximum absolute atomic E-state index is 14.1. The van der Waals surface area contributed by atoms with Crippen molar-refractivity contribution in [3.8, 4) is 0 Å². The van der Waals surface area contributed by atoms with E-state index in [-0.39, 0.29) is 34.5 Å². The fourth-order valence-corrected chi connectivity index (χ4v) is 5.55. The van der Waals surface area contributed by atoms with E-state index in [9.17, 15) is 18.8 Å². The molecule has 1 saturated heterocycles. The number of halogens is 2. The van der Waals surface area contributed by atoms with E-state index in [0.717, 1.165) is 31.0 Å². The van der Waals surface area contributed by atoms with Crippen molar-refractivity contribution in [1.29, 1.82) is 0 Å². The van der Waals surface area contributed by atoms with Gasteiger partial charge in [-0.25, -0.2) is 9.37 Å². The van der Waals surface area contributed by atoms with Crippen molar-refractivity contribution in [3.05, 3.63) is 76.1 Å². The summed E-state index contributed by atoms with van der Waals surface area (Å²) in [5.41, 5.74) is 0.747. The number of ether oxygens (including phenoxy) is 1. The molecule has 0 bridgehead atoms. The van der Waals surface area contributed by atoms with Crippen LogP contribution in [-0.4, -0.2) is 76.9 Å². The summed E-state index contributed by atoms with van der Waals surface area (Å²) < 4.78 is 25.6. The van der Waals surface area contributed by atoms with E-state index in [4.69, 9.17) is 16.3 Å². The van der Waals surface area contributed by atoms with Gasteiger partial charge in [0.15, 0.2) is 5.82 Å². The predicted molar refractivity (Wildman–Crippen MR) is 153 cm³/mol. The Balaban J connectivity index is 0.000000423. The molecule has 3 N–H and O–H groups in total. The fourth-order valence-electron chi connectivity index (χ4n) is 4.55. The third-order valence-electron chi connectivity index (χ3n) is 6.65. The maximum Gasteiger partial charge on any atom is 0.287 e. The van der Waals surface area contributed by atoms with E-state index in [0.29, 0.717) is 11.1 Å². The number of rotatable bonds is 4. The van der Waals surface area contributed by atoms with E-state index in [1.54, 1.807) is 12.1 Å². The standard InChI is InChI=1S/C22H16ClFN6O3S.C5H11NO/c1-25-22(33)20-27-19(28-21(32)17-11-4-2-3-5-14(11)34-29-17)18-16(26-15(31)9-30(18)20)12-8-10(24)6-7-13(12)23;1-6-2-4-7-5-3-6/h2-8,16H,9H2,1H3,(H,25,33)(H,26,31)(H,28,32);2-5H2,1H3. The zero-order chi connectivity index (χ0) is 29.1. The molecule has 6 rings (SSSR count). The Labute approximate surface area is 243 Å². The number of morpholine rings is 1. The third-order valence-corrected chi connectivity index (χ3v) is 7.82. The number of carbonyl (C=O) groups excluding carboxylic acids is 3. The summed E-state index contributed by atoms with van der Waals surface area (Å²) in [6, 6.07) is 10.1. The van der Waals surface area contributed by atoms with Crippen LogP contribution in [-0.2, 0) is 16.1 Å². The quantitative estimate of drug-likeness (QED) is 0.329. The van der Waals surface area contributed by atoms with Gasteiger partial charge in [0.25, 0.3) is 11.8 Å². The van der Waals surface area contributed by atoms with Crippen molar-refractivity contribution >= 4 is 56.8 Å². The largest absolute Gasteiger partial charge is 0.379 e. The number of imidazole rings is 1. The lowest BCUT2D eigenvalue weighted by Gasteiger charge is -2.28. The number of hydrogen-bond acceptors (Lipinski definition) is 8. The monoisotopic (exact) mass is 599 g/mol. The molecule has 1 unspecified atom stereocenters. The summed E-state index contributed by atoms with van der Waals surface area (Å²) in [7, 11) is 3.54. The van der Waals surface area contributed by atoms with Gasteiger partial charge in [-0.1, -0.05) is 29.8 Å². The van der Waals surface area contributed by atoms with Gasteiger partial charge in [0.1, 0.15) is 18.1 Å². The highest BCUT2D eigenvalue weighted by molar-refractivity contribution is 7.13. The summed E-state index contributed by atoms with van der Waals surface area (Å²) in [6.07, 6.45) is 0. The lowest BCUT2D eigenvalue weighted by Crippen LogP contribution is -2.41. The van der Waals surface area contributed by atoms with Crippen molar-refractivity contribution < 1.29 is 23.5 Å². The molecule has 1 fully saturated rings. The van der Waals surface area contributed by atoms with E-state index in [1.807, 2.05) is 12.1 Å². The second-order valence-corrected chi connectivity index (χ2v) is 10.6. The van der Waals surface area contributed by atoms with Gasteiger partial charge >= 0.3 is 0 Å². The maximum atomic E-state index is 14.1. The van der Waals surface area contributed by atoms with E-state index in [1.165, 1.54) is 41.3 Å². The van der Waals surface area contributed by atoms with Gasteiger partial charge in [0, 0.05) is 36.1 Å². The highest BCUT2D eigenvalue weighted by Crippen LogP contribution is 2.36. The fraction of sp³-hybridized carbons (Fsp3) is 0.296. The number of benzene rings is 2. The van der Waals surface area contributed by atoms with Crippen LogP contribution < -0.4 is 16.0 Å². The van der Waals surface area contributed by atoms with Gasteiger partial charge in [-0.3, -0.25) is 14.4 Å². The van der Waals surface area contributed by atoms with Crippen LogP contribution in [0.1, 0.15) is 38.4 Å². The van der Waals surface area contributed by atoms with E-state index < -0.39 is 29.6 Å². The van der Waals surface area contributed by atoms with E-state index in [2.05, 4.69) is 37.3 Å². The van der Waals surface area contributed by atoms with Gasteiger partial charge in [0.2, 0.25) is 11.7 Å². The van der Waals surface area contributed by atoms with Gasteiger partial charge in [-0.2, -0.15) is 4.37 Å². The Morgan fingerprint density at radius 1 is 1.17 bits per heavy atom. The summed E-state index contributed by atoms with van der Waals surface area (Å²) in [6.45, 7) is 3.80. The second-order valence-electron chi connectivity index (χ2n) is 9.40. The molecule has 0 spiro atoms. The molecule has 0 saturated carbocycles. The molecule has 1 atom stereocenters. The van der Waals surface area contributed by atoms with Crippen LogP contribution in [0.3, 0.4) is 0 Å². The number of nitrogens with zero attached hydrogens (tertiary/aromatic N) is 4. The lowest BCUT2D eigenvalue weighted by molar-refractivity contribution is -0.123.